The predicted octanol–water partition coefficient (Wildman–Crippen LogP) is 1.99. The Morgan fingerprint density at radius 3 is 2.94 bits per heavy atom. The standard InChI is InChI=1S/C13H17FN4/c1-3-18-13(16-8-17-18)7-12(15)10-6-9(2)4-5-11(10)14/h4-6,8,12H,3,7,15H2,1-2H3. The third kappa shape index (κ3) is 2.56. The second kappa shape index (κ2) is 5.27. The van der Waals surface area contributed by atoms with Crippen LogP contribution in [0.2, 0.25) is 0 Å². The van der Waals surface area contributed by atoms with Crippen molar-refractivity contribution in [1.29, 1.82) is 0 Å². The van der Waals surface area contributed by atoms with Gasteiger partial charge >= 0.3 is 0 Å². The molecule has 0 aliphatic rings. The van der Waals surface area contributed by atoms with E-state index in [4.69, 9.17) is 5.73 Å². The lowest BCUT2D eigenvalue weighted by molar-refractivity contribution is 0.550. The molecule has 0 saturated heterocycles. The first-order chi connectivity index (χ1) is 8.61. The summed E-state index contributed by atoms with van der Waals surface area (Å²) in [6.45, 7) is 4.64. The Balaban J connectivity index is 2.21. The molecule has 1 aromatic carbocycles. The molecule has 0 saturated carbocycles. The Bertz CT molecular complexity index is 536. The molecule has 0 spiro atoms. The van der Waals surface area contributed by atoms with Gasteiger partial charge < -0.3 is 5.73 Å². The topological polar surface area (TPSA) is 56.7 Å². The van der Waals surface area contributed by atoms with E-state index in [0.29, 0.717) is 12.0 Å². The molecule has 0 amide bonds. The summed E-state index contributed by atoms with van der Waals surface area (Å²) in [7, 11) is 0. The van der Waals surface area contributed by atoms with E-state index in [9.17, 15) is 4.39 Å². The summed E-state index contributed by atoms with van der Waals surface area (Å²) >= 11 is 0. The highest BCUT2D eigenvalue weighted by Crippen LogP contribution is 2.19. The summed E-state index contributed by atoms with van der Waals surface area (Å²) in [6, 6.07) is 4.57. The summed E-state index contributed by atoms with van der Waals surface area (Å²) in [4.78, 5) is 4.15. The molecule has 0 aliphatic heterocycles. The quantitative estimate of drug-likeness (QED) is 0.900. The Morgan fingerprint density at radius 2 is 2.22 bits per heavy atom. The molecule has 1 aromatic heterocycles. The summed E-state index contributed by atoms with van der Waals surface area (Å²) in [5, 5.41) is 4.08. The Labute approximate surface area is 106 Å². The van der Waals surface area contributed by atoms with Crippen molar-refractivity contribution >= 4 is 0 Å². The van der Waals surface area contributed by atoms with Crippen LogP contribution in [-0.2, 0) is 13.0 Å². The predicted molar refractivity (Wildman–Crippen MR) is 67.5 cm³/mol. The minimum atomic E-state index is -0.403. The molecule has 0 bridgehead atoms. The van der Waals surface area contributed by atoms with Crippen molar-refractivity contribution in [2.45, 2.75) is 32.9 Å². The number of aryl methyl sites for hydroxylation is 2. The molecule has 2 aromatic rings. The molecule has 1 unspecified atom stereocenters. The summed E-state index contributed by atoms with van der Waals surface area (Å²) in [6.07, 6.45) is 1.98. The van der Waals surface area contributed by atoms with Crippen LogP contribution in [0.15, 0.2) is 24.5 Å². The van der Waals surface area contributed by atoms with Crippen LogP contribution in [0.1, 0.15) is 29.9 Å². The Morgan fingerprint density at radius 1 is 1.44 bits per heavy atom. The molecule has 96 valence electrons. The molecule has 0 aliphatic carbocycles. The highest BCUT2D eigenvalue weighted by Gasteiger charge is 2.15. The lowest BCUT2D eigenvalue weighted by Gasteiger charge is -2.13. The number of hydrogen-bond acceptors (Lipinski definition) is 3. The molecule has 0 radical (unpaired) electrons. The molecular formula is C13H17FN4. The molecule has 2 rings (SSSR count). The summed E-state index contributed by atoms with van der Waals surface area (Å²) in [5.41, 5.74) is 7.59. The zero-order valence-electron chi connectivity index (χ0n) is 10.6. The van der Waals surface area contributed by atoms with Crippen molar-refractivity contribution in [3.63, 3.8) is 0 Å². The number of hydrogen-bond donors (Lipinski definition) is 1. The average molecular weight is 248 g/mol. The van der Waals surface area contributed by atoms with Gasteiger partial charge in [-0.25, -0.2) is 9.37 Å². The molecule has 1 heterocycles. The maximum absolute atomic E-state index is 13.7. The van der Waals surface area contributed by atoms with E-state index in [-0.39, 0.29) is 5.82 Å². The lowest BCUT2D eigenvalue weighted by Crippen LogP contribution is -2.18. The van der Waals surface area contributed by atoms with Crippen molar-refractivity contribution in [1.82, 2.24) is 14.8 Å². The van der Waals surface area contributed by atoms with Crippen LogP contribution in [0.3, 0.4) is 0 Å². The van der Waals surface area contributed by atoms with Gasteiger partial charge in [-0.15, -0.1) is 0 Å². The van der Waals surface area contributed by atoms with E-state index in [2.05, 4.69) is 10.1 Å². The van der Waals surface area contributed by atoms with Crippen molar-refractivity contribution < 1.29 is 4.39 Å². The SMILES string of the molecule is CCn1ncnc1CC(N)c1cc(C)ccc1F. The van der Waals surface area contributed by atoms with E-state index in [1.807, 2.05) is 13.8 Å². The molecule has 18 heavy (non-hydrogen) atoms. The second-order valence-electron chi connectivity index (χ2n) is 4.33. The van der Waals surface area contributed by atoms with Crippen LogP contribution in [0, 0.1) is 12.7 Å². The first-order valence-electron chi connectivity index (χ1n) is 6.00. The fourth-order valence-corrected chi connectivity index (χ4v) is 1.96. The van der Waals surface area contributed by atoms with Crippen molar-refractivity contribution in [3.05, 3.63) is 47.3 Å². The van der Waals surface area contributed by atoms with E-state index < -0.39 is 6.04 Å². The summed E-state index contributed by atoms with van der Waals surface area (Å²) in [5.74, 6) is 0.515. The minimum Gasteiger partial charge on any atom is -0.323 e. The monoisotopic (exact) mass is 248 g/mol. The second-order valence-corrected chi connectivity index (χ2v) is 4.33. The van der Waals surface area contributed by atoms with E-state index in [0.717, 1.165) is 17.9 Å². The number of nitrogens with two attached hydrogens (primary N) is 1. The smallest absolute Gasteiger partial charge is 0.138 e. The van der Waals surface area contributed by atoms with Gasteiger partial charge in [0.2, 0.25) is 0 Å². The zero-order chi connectivity index (χ0) is 13.1. The van der Waals surface area contributed by atoms with Crippen molar-refractivity contribution in [2.24, 2.45) is 5.73 Å². The van der Waals surface area contributed by atoms with E-state index in [1.54, 1.807) is 16.8 Å². The van der Waals surface area contributed by atoms with E-state index >= 15 is 0 Å². The largest absolute Gasteiger partial charge is 0.323 e. The molecule has 4 nitrogen and oxygen atoms in total. The lowest BCUT2D eigenvalue weighted by atomic mass is 10.0. The van der Waals surface area contributed by atoms with Crippen LogP contribution in [0.4, 0.5) is 4.39 Å². The molecule has 0 fully saturated rings. The van der Waals surface area contributed by atoms with Gasteiger partial charge in [-0.1, -0.05) is 17.7 Å². The van der Waals surface area contributed by atoms with Gasteiger partial charge in [-0.05, 0) is 19.9 Å². The fraction of sp³-hybridized carbons (Fsp3) is 0.385. The van der Waals surface area contributed by atoms with Gasteiger partial charge in [-0.3, -0.25) is 4.68 Å². The molecule has 1 atom stereocenters. The van der Waals surface area contributed by atoms with Gasteiger partial charge in [0.05, 0.1) is 0 Å². The number of rotatable bonds is 4. The average Bonchev–Trinajstić information content (AvgIpc) is 2.79. The van der Waals surface area contributed by atoms with Gasteiger partial charge in [0.1, 0.15) is 18.0 Å². The normalized spacial score (nSPS) is 12.7. The van der Waals surface area contributed by atoms with Crippen LogP contribution in [0.25, 0.3) is 0 Å². The number of nitrogens with zero attached hydrogens (tertiary/aromatic N) is 3. The third-order valence-corrected chi connectivity index (χ3v) is 2.95. The first kappa shape index (κ1) is 12.7. The van der Waals surface area contributed by atoms with Crippen molar-refractivity contribution in [3.8, 4) is 0 Å². The minimum absolute atomic E-state index is 0.268. The Hall–Kier alpha value is -1.75. The first-order valence-corrected chi connectivity index (χ1v) is 6.00. The highest BCUT2D eigenvalue weighted by atomic mass is 19.1. The van der Waals surface area contributed by atoms with Crippen LogP contribution in [0.5, 0.6) is 0 Å². The van der Waals surface area contributed by atoms with Gasteiger partial charge in [0.25, 0.3) is 0 Å². The maximum atomic E-state index is 13.7. The molecule has 5 heteroatoms. The van der Waals surface area contributed by atoms with Crippen LogP contribution in [-0.4, -0.2) is 14.8 Å². The van der Waals surface area contributed by atoms with Gasteiger partial charge in [0, 0.05) is 24.6 Å². The zero-order valence-corrected chi connectivity index (χ0v) is 10.6. The number of aromatic nitrogens is 3. The van der Waals surface area contributed by atoms with Crippen molar-refractivity contribution in [2.75, 3.05) is 0 Å². The molecular weight excluding hydrogens is 231 g/mol. The fourth-order valence-electron chi connectivity index (χ4n) is 1.96. The highest BCUT2D eigenvalue weighted by molar-refractivity contribution is 5.27. The van der Waals surface area contributed by atoms with Gasteiger partial charge in [-0.2, -0.15) is 5.10 Å². The molecule has 2 N–H and O–H groups in total. The Kier molecular flexibility index (Phi) is 3.72. The maximum Gasteiger partial charge on any atom is 0.138 e. The number of halogens is 1. The van der Waals surface area contributed by atoms with Crippen LogP contribution < -0.4 is 5.73 Å². The van der Waals surface area contributed by atoms with Crippen LogP contribution >= 0.6 is 0 Å². The number of benzene rings is 1. The van der Waals surface area contributed by atoms with E-state index in [1.165, 1.54) is 12.4 Å². The third-order valence-electron chi connectivity index (χ3n) is 2.95. The van der Waals surface area contributed by atoms with Gasteiger partial charge in [0.15, 0.2) is 0 Å². The summed E-state index contributed by atoms with van der Waals surface area (Å²) < 4.78 is 15.5.